The van der Waals surface area contributed by atoms with E-state index in [4.69, 9.17) is 0 Å². The summed E-state index contributed by atoms with van der Waals surface area (Å²) in [5, 5.41) is 12.1. The number of nitrogens with one attached hydrogen (secondary N) is 1. The van der Waals surface area contributed by atoms with Gasteiger partial charge in [-0.2, -0.15) is 0 Å². The minimum Gasteiger partial charge on any atom is -0.481 e. The molecule has 7 heteroatoms. The molecule has 2 N–H and O–H groups in total. The smallest absolute Gasteiger partial charge is 0.325 e. The number of esters is 1. The van der Waals surface area contributed by atoms with Crippen molar-refractivity contribution in [3.8, 4) is 0 Å². The molecule has 1 rings (SSSR count). The Labute approximate surface area is 124 Å². The molecule has 0 radical (unpaired) electrons. The third-order valence-electron chi connectivity index (χ3n) is 4.03. The number of likely N-dealkylation sites (N-methyl/N-ethyl adjacent to an activating group) is 1. The van der Waals surface area contributed by atoms with Crippen LogP contribution in [-0.2, 0) is 14.3 Å². The molecule has 0 heterocycles. The Morgan fingerprint density at radius 3 is 2.24 bits per heavy atom. The second-order valence-electron chi connectivity index (χ2n) is 5.59. The Kier molecular flexibility index (Phi) is 6.45. The highest BCUT2D eigenvalue weighted by Gasteiger charge is 2.39. The molecule has 7 nitrogen and oxygen atoms in total. The van der Waals surface area contributed by atoms with Crippen LogP contribution in [0.2, 0.25) is 0 Å². The van der Waals surface area contributed by atoms with Crippen molar-refractivity contribution in [1.29, 1.82) is 0 Å². The largest absolute Gasteiger partial charge is 0.481 e. The van der Waals surface area contributed by atoms with Gasteiger partial charge in [-0.15, -0.1) is 0 Å². The van der Waals surface area contributed by atoms with Gasteiger partial charge in [-0.25, -0.2) is 4.79 Å². The maximum atomic E-state index is 11.9. The number of rotatable bonds is 5. The average molecular weight is 300 g/mol. The van der Waals surface area contributed by atoms with E-state index in [-0.39, 0.29) is 13.1 Å². The average Bonchev–Trinajstić information content (AvgIpc) is 2.71. The van der Waals surface area contributed by atoms with Crippen LogP contribution in [0.15, 0.2) is 0 Å². The molecule has 2 amide bonds. The van der Waals surface area contributed by atoms with E-state index in [9.17, 15) is 19.5 Å². The molecule has 1 aliphatic rings. The fraction of sp³-hybridized carbons (Fsp3) is 0.786. The highest BCUT2D eigenvalue weighted by molar-refractivity contribution is 5.81. The summed E-state index contributed by atoms with van der Waals surface area (Å²) < 4.78 is 4.49. The molecule has 1 saturated carbocycles. The molecule has 0 saturated heterocycles. The number of hydrogen-bond acceptors (Lipinski definition) is 4. The van der Waals surface area contributed by atoms with Crippen molar-refractivity contribution in [2.45, 2.75) is 38.5 Å². The first kappa shape index (κ1) is 17.3. The van der Waals surface area contributed by atoms with Gasteiger partial charge in [0.2, 0.25) is 0 Å². The summed E-state index contributed by atoms with van der Waals surface area (Å²) in [6.45, 7) is -0.0743. The van der Waals surface area contributed by atoms with Gasteiger partial charge in [0, 0.05) is 13.6 Å². The Morgan fingerprint density at radius 1 is 1.19 bits per heavy atom. The van der Waals surface area contributed by atoms with Crippen LogP contribution in [0.5, 0.6) is 0 Å². The zero-order valence-electron chi connectivity index (χ0n) is 12.7. The number of methoxy groups -OCH3 is 1. The van der Waals surface area contributed by atoms with E-state index in [0.717, 1.165) is 25.7 Å². The summed E-state index contributed by atoms with van der Waals surface area (Å²) in [6.07, 6.45) is 4.93. The Hall–Kier alpha value is -1.79. The van der Waals surface area contributed by atoms with E-state index in [0.29, 0.717) is 12.8 Å². The standard InChI is InChI=1S/C14H24N2O5/c1-16(9-11(17)21-2)13(20)15-10-14(12(18)19)7-5-3-4-6-8-14/h3-10H2,1-2H3,(H,15,20)(H,18,19). The first-order valence-electron chi connectivity index (χ1n) is 7.20. The van der Waals surface area contributed by atoms with Gasteiger partial charge in [0.25, 0.3) is 0 Å². The first-order chi connectivity index (χ1) is 9.91. The summed E-state index contributed by atoms with van der Waals surface area (Å²) in [5.74, 6) is -1.38. The molecular weight excluding hydrogens is 276 g/mol. The minimum absolute atomic E-state index is 0.0900. The predicted molar refractivity (Wildman–Crippen MR) is 75.8 cm³/mol. The molecule has 0 aromatic rings. The second-order valence-corrected chi connectivity index (χ2v) is 5.59. The molecule has 1 aliphatic carbocycles. The van der Waals surface area contributed by atoms with Gasteiger partial charge in [0.15, 0.2) is 0 Å². The lowest BCUT2D eigenvalue weighted by Crippen LogP contribution is -2.47. The number of ether oxygens (including phenoxy) is 1. The van der Waals surface area contributed by atoms with Crippen LogP contribution >= 0.6 is 0 Å². The third kappa shape index (κ3) is 4.91. The number of aliphatic carboxylic acids is 1. The monoisotopic (exact) mass is 300 g/mol. The second kappa shape index (κ2) is 7.85. The van der Waals surface area contributed by atoms with Crippen molar-refractivity contribution in [3.63, 3.8) is 0 Å². The molecule has 0 aromatic heterocycles. The molecule has 0 spiro atoms. The lowest BCUT2D eigenvalue weighted by molar-refractivity contribution is -0.149. The van der Waals surface area contributed by atoms with Crippen molar-refractivity contribution in [2.75, 3.05) is 27.2 Å². The van der Waals surface area contributed by atoms with Crippen LogP contribution in [-0.4, -0.2) is 55.2 Å². The highest BCUT2D eigenvalue weighted by Crippen LogP contribution is 2.34. The number of carboxylic acid groups (broad SMARTS) is 1. The zero-order chi connectivity index (χ0) is 15.9. The van der Waals surface area contributed by atoms with Gasteiger partial charge in [0.05, 0.1) is 12.5 Å². The summed E-state index contributed by atoms with van der Waals surface area (Å²) in [6, 6.07) is -0.467. The third-order valence-corrected chi connectivity index (χ3v) is 4.03. The van der Waals surface area contributed by atoms with Gasteiger partial charge in [-0.1, -0.05) is 25.7 Å². The Morgan fingerprint density at radius 2 is 1.76 bits per heavy atom. The van der Waals surface area contributed by atoms with Gasteiger partial charge < -0.3 is 20.1 Å². The summed E-state index contributed by atoms with van der Waals surface area (Å²) in [7, 11) is 2.71. The zero-order valence-corrected chi connectivity index (χ0v) is 12.7. The molecule has 0 aliphatic heterocycles. The molecule has 0 atom stereocenters. The minimum atomic E-state index is -0.891. The number of hydrogen-bond donors (Lipinski definition) is 2. The number of urea groups is 1. The van der Waals surface area contributed by atoms with Gasteiger partial charge in [0.1, 0.15) is 6.54 Å². The molecule has 0 bridgehead atoms. The van der Waals surface area contributed by atoms with Crippen LogP contribution in [0.3, 0.4) is 0 Å². The van der Waals surface area contributed by atoms with Crippen molar-refractivity contribution in [3.05, 3.63) is 0 Å². The molecule has 0 aromatic carbocycles. The normalized spacial score (nSPS) is 17.4. The van der Waals surface area contributed by atoms with E-state index < -0.39 is 23.4 Å². The van der Waals surface area contributed by atoms with Crippen LogP contribution in [0, 0.1) is 5.41 Å². The van der Waals surface area contributed by atoms with Gasteiger partial charge in [-0.3, -0.25) is 9.59 Å². The van der Waals surface area contributed by atoms with Gasteiger partial charge >= 0.3 is 18.0 Å². The van der Waals surface area contributed by atoms with Crippen LogP contribution in [0.1, 0.15) is 38.5 Å². The van der Waals surface area contributed by atoms with Crippen LogP contribution < -0.4 is 5.32 Å². The molecule has 21 heavy (non-hydrogen) atoms. The number of carboxylic acids is 1. The van der Waals surface area contributed by atoms with E-state index >= 15 is 0 Å². The number of carbonyl (C=O) groups is 3. The van der Waals surface area contributed by atoms with Crippen molar-refractivity contribution in [2.24, 2.45) is 5.41 Å². The maximum Gasteiger partial charge on any atom is 0.325 e. The number of amides is 2. The van der Waals surface area contributed by atoms with E-state index in [1.807, 2.05) is 0 Å². The topological polar surface area (TPSA) is 95.9 Å². The summed E-state index contributed by atoms with van der Waals surface area (Å²) in [5.41, 5.74) is -0.891. The van der Waals surface area contributed by atoms with Crippen molar-refractivity contribution >= 4 is 18.0 Å². The van der Waals surface area contributed by atoms with E-state index in [1.54, 1.807) is 0 Å². The molecule has 120 valence electrons. The number of nitrogens with zero attached hydrogens (tertiary/aromatic N) is 1. The Bertz CT molecular complexity index is 389. The molecule has 1 fully saturated rings. The maximum absolute atomic E-state index is 11.9. The van der Waals surface area contributed by atoms with E-state index in [1.165, 1.54) is 19.1 Å². The summed E-state index contributed by atoms with van der Waals surface area (Å²) in [4.78, 5) is 35.8. The lowest BCUT2D eigenvalue weighted by Gasteiger charge is -2.29. The first-order valence-corrected chi connectivity index (χ1v) is 7.20. The quantitative estimate of drug-likeness (QED) is 0.588. The lowest BCUT2D eigenvalue weighted by atomic mass is 9.80. The highest BCUT2D eigenvalue weighted by atomic mass is 16.5. The SMILES string of the molecule is COC(=O)CN(C)C(=O)NCC1(C(=O)O)CCCCCC1. The van der Waals surface area contributed by atoms with Crippen molar-refractivity contribution < 1.29 is 24.2 Å². The fourth-order valence-corrected chi connectivity index (χ4v) is 2.58. The van der Waals surface area contributed by atoms with Crippen LogP contribution in [0.4, 0.5) is 4.79 Å². The number of carbonyl (C=O) groups excluding carboxylic acids is 2. The fourth-order valence-electron chi connectivity index (χ4n) is 2.58. The Balaban J connectivity index is 2.58. The van der Waals surface area contributed by atoms with Gasteiger partial charge in [-0.05, 0) is 12.8 Å². The van der Waals surface area contributed by atoms with Crippen molar-refractivity contribution in [1.82, 2.24) is 10.2 Å². The van der Waals surface area contributed by atoms with Crippen LogP contribution in [0.25, 0.3) is 0 Å². The molecular formula is C14H24N2O5. The molecule has 0 unspecified atom stereocenters. The predicted octanol–water partition coefficient (Wildman–Crippen LogP) is 1.23. The van der Waals surface area contributed by atoms with E-state index in [2.05, 4.69) is 10.1 Å². The summed E-state index contributed by atoms with van der Waals surface area (Å²) >= 11 is 0.